The van der Waals surface area contributed by atoms with Crippen LogP contribution in [0.25, 0.3) is 12.2 Å². The Kier molecular flexibility index (Phi) is 14.6. The third kappa shape index (κ3) is 11.1. The van der Waals surface area contributed by atoms with Crippen LogP contribution >= 0.6 is 12.2 Å². The maximum Gasteiger partial charge on any atom is 1.00 e. The summed E-state index contributed by atoms with van der Waals surface area (Å²) in [5.41, 5.74) is -0.193. The van der Waals surface area contributed by atoms with Gasteiger partial charge in [0.2, 0.25) is 0 Å². The molecule has 18 heteroatoms. The minimum atomic E-state index is -5.07. The molecule has 38 heavy (non-hydrogen) atoms. The summed E-state index contributed by atoms with van der Waals surface area (Å²) in [6.45, 7) is 3.69. The van der Waals surface area contributed by atoms with Crippen LogP contribution in [0.15, 0.2) is 46.2 Å². The molecule has 0 amide bonds. The molecule has 0 saturated carbocycles. The van der Waals surface area contributed by atoms with Crippen molar-refractivity contribution in [1.29, 1.82) is 0 Å². The van der Waals surface area contributed by atoms with Crippen LogP contribution in [0.5, 0.6) is 0 Å². The van der Waals surface area contributed by atoms with E-state index in [4.69, 9.17) is 12.2 Å². The van der Waals surface area contributed by atoms with E-state index < -0.39 is 40.2 Å². The summed E-state index contributed by atoms with van der Waals surface area (Å²) in [5.74, 6) is 0. The van der Waals surface area contributed by atoms with E-state index in [1.807, 2.05) is 13.8 Å². The Morgan fingerprint density at radius 3 is 1.66 bits per heavy atom. The molecule has 0 aliphatic heterocycles. The van der Waals surface area contributed by atoms with E-state index in [0.717, 1.165) is 34.7 Å². The molecule has 0 spiro atoms. The first-order valence-electron chi connectivity index (χ1n) is 10.1. The predicted molar refractivity (Wildman–Crippen MR) is 138 cm³/mol. The largest absolute Gasteiger partial charge is 1.00 e. The molecule has 0 aliphatic rings. The van der Waals surface area contributed by atoms with Crippen molar-refractivity contribution in [2.45, 2.75) is 29.7 Å². The molecule has 0 radical (unpaired) electrons. The van der Waals surface area contributed by atoms with Crippen LogP contribution in [0.1, 0.15) is 25.0 Å². The van der Waals surface area contributed by atoms with Crippen molar-refractivity contribution >= 4 is 71.3 Å². The third-order valence-electron chi connectivity index (χ3n) is 4.41. The van der Waals surface area contributed by atoms with Gasteiger partial charge in [0.15, 0.2) is 5.11 Å². The van der Waals surface area contributed by atoms with Gasteiger partial charge in [0.05, 0.1) is 15.5 Å². The van der Waals surface area contributed by atoms with Crippen LogP contribution in [0.2, 0.25) is 0 Å². The summed E-state index contributed by atoms with van der Waals surface area (Å²) in [6, 6.07) is 7.04. The molecule has 0 heterocycles. The van der Waals surface area contributed by atoms with Gasteiger partial charge in [-0.1, -0.05) is 24.3 Å². The Hall–Kier alpha value is -0.600. The van der Waals surface area contributed by atoms with Crippen molar-refractivity contribution < 1.29 is 93.5 Å². The summed E-state index contributed by atoms with van der Waals surface area (Å²) in [6.07, 6.45) is 2.27. The van der Waals surface area contributed by atoms with Gasteiger partial charge in [0, 0.05) is 25.8 Å². The van der Waals surface area contributed by atoms with Crippen molar-refractivity contribution in [2.75, 3.05) is 24.1 Å². The molecular weight excluding hydrogens is 598 g/mol. The molecule has 2 aromatic rings. The smallest absolute Gasteiger partial charge is 0.744 e. The van der Waals surface area contributed by atoms with Crippen molar-refractivity contribution in [3.8, 4) is 0 Å². The van der Waals surface area contributed by atoms with E-state index in [-0.39, 0.29) is 92.8 Å². The Balaban J connectivity index is 0.00000684. The molecule has 3 N–H and O–H groups in total. The minimum absolute atomic E-state index is 0. The van der Waals surface area contributed by atoms with Crippen LogP contribution in [-0.2, 0) is 30.4 Å². The Bertz CT molecular complexity index is 1510. The number of nitrogens with zero attached hydrogens (tertiary/aromatic N) is 1. The van der Waals surface area contributed by atoms with Crippen LogP contribution in [-0.4, -0.2) is 63.9 Å². The second-order valence-corrected chi connectivity index (χ2v) is 12.9. The summed E-state index contributed by atoms with van der Waals surface area (Å²) in [4.78, 5) is -1.37. The van der Waals surface area contributed by atoms with Gasteiger partial charge in [-0.05, 0) is 61.5 Å². The molecule has 12 nitrogen and oxygen atoms in total. The van der Waals surface area contributed by atoms with Gasteiger partial charge >= 0.3 is 69.3 Å². The quantitative estimate of drug-likeness (QED) is 0.106. The molecule has 0 unspecified atom stereocenters. The Morgan fingerprint density at radius 1 is 0.842 bits per heavy atom. The van der Waals surface area contributed by atoms with Gasteiger partial charge in [-0.15, -0.1) is 0 Å². The number of thiocarbonyl (C=S) groups is 1. The number of nitrogens with one attached hydrogen (secondary N) is 3. The van der Waals surface area contributed by atoms with E-state index >= 15 is 0 Å². The second kappa shape index (κ2) is 14.9. The summed E-state index contributed by atoms with van der Waals surface area (Å²) in [5, 5.41) is 5.87. The molecule has 0 aromatic heterocycles. The van der Waals surface area contributed by atoms with Crippen molar-refractivity contribution in [3.05, 3.63) is 47.5 Å². The van der Waals surface area contributed by atoms with Crippen molar-refractivity contribution in [2.24, 2.45) is 0 Å². The number of hydrogen-bond acceptors (Lipinski definition) is 9. The standard InChI is InChI=1S/C20H26N4O8S4.2Na/c1-13(2)21-20(33)22-16-9-7-14(18(11-16)34(25,26)27)5-6-15-8-10-17(12-19(15)35(28,29)30)23-36(31,32)24(3)4;;/h5-13,23H,1-4H3,(H2,21,22,33)(H,25,26,27)(H,28,29,30);;/q;2*+1/p-2/b6-5+;;. The normalized spacial score (nSPS) is 12.1. The van der Waals surface area contributed by atoms with Gasteiger partial charge in [0.1, 0.15) is 20.2 Å². The molecule has 198 valence electrons. The van der Waals surface area contributed by atoms with Crippen LogP contribution in [0.3, 0.4) is 0 Å². The first-order valence-corrected chi connectivity index (χ1v) is 14.7. The summed E-state index contributed by atoms with van der Waals surface area (Å²) in [7, 11) is -11.5. The molecule has 0 fully saturated rings. The minimum Gasteiger partial charge on any atom is -0.744 e. The van der Waals surface area contributed by atoms with Crippen LogP contribution < -0.4 is 74.5 Å². The predicted octanol–water partition coefficient (Wildman–Crippen LogP) is -4.41. The van der Waals surface area contributed by atoms with E-state index in [9.17, 15) is 34.4 Å². The molecular formula is C20H24N4Na2O8S4. The van der Waals surface area contributed by atoms with E-state index in [0.29, 0.717) is 0 Å². The molecule has 0 bridgehead atoms. The average Bonchev–Trinajstić information content (AvgIpc) is 2.71. The first-order chi connectivity index (χ1) is 16.4. The van der Waals surface area contributed by atoms with E-state index in [1.165, 1.54) is 32.3 Å². The van der Waals surface area contributed by atoms with Gasteiger partial charge in [0.25, 0.3) is 0 Å². The average molecular weight is 623 g/mol. The number of hydrogen-bond donors (Lipinski definition) is 3. The fourth-order valence-corrected chi connectivity index (χ4v) is 5.12. The second-order valence-electron chi connectivity index (χ2n) is 7.89. The number of anilines is 2. The summed E-state index contributed by atoms with van der Waals surface area (Å²) >= 11 is 5.11. The third-order valence-corrected chi connectivity index (χ3v) is 7.87. The van der Waals surface area contributed by atoms with E-state index in [2.05, 4.69) is 15.4 Å². The topological polar surface area (TPSA) is 188 Å². The van der Waals surface area contributed by atoms with Gasteiger partial charge in [-0.3, -0.25) is 4.72 Å². The van der Waals surface area contributed by atoms with E-state index in [1.54, 1.807) is 0 Å². The van der Waals surface area contributed by atoms with Gasteiger partial charge < -0.3 is 19.7 Å². The molecule has 0 aliphatic carbocycles. The maximum absolute atomic E-state index is 12.0. The number of benzene rings is 2. The molecule has 2 aromatic carbocycles. The SMILES string of the molecule is CC(C)NC(=S)Nc1ccc(/C=C/c2ccc(NS(=O)(=O)N(C)C)cc2S(=O)(=O)[O-])c(S(=O)(=O)[O-])c1.[Na+].[Na+]. The summed E-state index contributed by atoms with van der Waals surface area (Å²) < 4.78 is 98.0. The molecule has 0 saturated heterocycles. The van der Waals surface area contributed by atoms with Crippen molar-refractivity contribution in [1.82, 2.24) is 9.62 Å². The zero-order valence-corrected chi connectivity index (χ0v) is 28.8. The van der Waals surface area contributed by atoms with Gasteiger partial charge in [-0.2, -0.15) is 12.7 Å². The van der Waals surface area contributed by atoms with Crippen molar-refractivity contribution in [3.63, 3.8) is 0 Å². The van der Waals surface area contributed by atoms with Crippen LogP contribution in [0, 0.1) is 0 Å². The molecule has 2 rings (SSSR count). The fourth-order valence-electron chi connectivity index (χ4n) is 2.77. The first kappa shape index (κ1) is 37.4. The van der Waals surface area contributed by atoms with Gasteiger partial charge in [-0.25, -0.2) is 16.8 Å². The Labute approximate surface area is 272 Å². The maximum atomic E-state index is 12.0. The monoisotopic (exact) mass is 622 g/mol. The molecule has 0 atom stereocenters. The number of rotatable bonds is 9. The fraction of sp³-hybridized carbons (Fsp3) is 0.250. The Morgan fingerprint density at radius 2 is 1.26 bits per heavy atom. The zero-order chi connectivity index (χ0) is 27.5. The zero-order valence-electron chi connectivity index (χ0n) is 21.5. The van der Waals surface area contributed by atoms with Crippen LogP contribution in [0.4, 0.5) is 11.4 Å².